The molecular weight excluding hydrogens is 360 g/mol. The van der Waals surface area contributed by atoms with Crippen molar-refractivity contribution in [2.45, 2.75) is 98.9 Å². The number of esters is 2. The topological polar surface area (TPSA) is 84.9 Å². The van der Waals surface area contributed by atoms with Crippen molar-refractivity contribution in [2.24, 2.45) is 5.92 Å². The van der Waals surface area contributed by atoms with Crippen LogP contribution in [0, 0.1) is 5.92 Å². The largest absolute Gasteiger partial charge is 0.460 e. The summed E-state index contributed by atoms with van der Waals surface area (Å²) in [7, 11) is 0. The van der Waals surface area contributed by atoms with Crippen molar-refractivity contribution in [1.82, 2.24) is 10.2 Å². The summed E-state index contributed by atoms with van der Waals surface area (Å²) >= 11 is 0. The van der Waals surface area contributed by atoms with Gasteiger partial charge in [-0.25, -0.2) is 4.79 Å². The summed E-state index contributed by atoms with van der Waals surface area (Å²) in [6.07, 6.45) is -0.274. The van der Waals surface area contributed by atoms with Gasteiger partial charge in [0.15, 0.2) is 0 Å². The van der Waals surface area contributed by atoms with Gasteiger partial charge < -0.3 is 14.8 Å². The van der Waals surface area contributed by atoms with Crippen LogP contribution in [0.15, 0.2) is 0 Å². The molecule has 1 unspecified atom stereocenters. The number of carbonyl (C=O) groups is 3. The van der Waals surface area contributed by atoms with E-state index >= 15 is 0 Å². The summed E-state index contributed by atoms with van der Waals surface area (Å²) in [5.41, 5.74) is -1.40. The van der Waals surface area contributed by atoms with Gasteiger partial charge >= 0.3 is 11.9 Å². The lowest BCUT2D eigenvalue weighted by Crippen LogP contribution is -2.50. The Morgan fingerprint density at radius 2 is 1.39 bits per heavy atom. The van der Waals surface area contributed by atoms with Crippen LogP contribution in [0.25, 0.3) is 0 Å². The van der Waals surface area contributed by atoms with E-state index in [-0.39, 0.29) is 24.9 Å². The molecule has 0 rings (SSSR count). The zero-order chi connectivity index (χ0) is 22.3. The van der Waals surface area contributed by atoms with E-state index in [1.54, 1.807) is 41.5 Å². The molecule has 1 N–H and O–H groups in total. The fourth-order valence-electron chi connectivity index (χ4n) is 2.47. The second kappa shape index (κ2) is 10.8. The standard InChI is InChI=1S/C21H40N2O5/c1-14(2)12-23(15(3)4)13-17(24)22-16(19(26)28-21(8,9)10)11-18(25)27-20(5,6)7/h14-16H,11-13H2,1-10H3,(H,22,24). The first-order chi connectivity index (χ1) is 12.5. The van der Waals surface area contributed by atoms with Gasteiger partial charge in [-0.05, 0) is 61.3 Å². The van der Waals surface area contributed by atoms with Gasteiger partial charge in [-0.15, -0.1) is 0 Å². The first kappa shape index (κ1) is 26.4. The molecule has 1 amide bonds. The van der Waals surface area contributed by atoms with Crippen molar-refractivity contribution in [3.8, 4) is 0 Å². The maximum atomic E-state index is 12.6. The summed E-state index contributed by atoms with van der Waals surface area (Å²) in [6, 6.07) is -0.909. The van der Waals surface area contributed by atoms with E-state index in [0.29, 0.717) is 5.92 Å². The number of rotatable bonds is 9. The maximum absolute atomic E-state index is 12.6. The molecule has 0 spiro atoms. The van der Waals surface area contributed by atoms with Crippen LogP contribution in [0.5, 0.6) is 0 Å². The predicted octanol–water partition coefficient (Wildman–Crippen LogP) is 2.91. The highest BCUT2D eigenvalue weighted by molar-refractivity contribution is 5.89. The molecule has 0 aliphatic rings. The molecule has 7 nitrogen and oxygen atoms in total. The molecule has 0 radical (unpaired) electrons. The van der Waals surface area contributed by atoms with Gasteiger partial charge in [-0.3, -0.25) is 14.5 Å². The van der Waals surface area contributed by atoms with E-state index in [1.807, 2.05) is 18.7 Å². The van der Waals surface area contributed by atoms with Crippen LogP contribution in [-0.4, -0.2) is 59.1 Å². The number of hydrogen-bond donors (Lipinski definition) is 1. The fraction of sp³-hybridized carbons (Fsp3) is 0.857. The average Bonchev–Trinajstić information content (AvgIpc) is 2.41. The molecule has 0 aromatic rings. The van der Waals surface area contributed by atoms with Crippen LogP contribution in [0.3, 0.4) is 0 Å². The number of amides is 1. The highest BCUT2D eigenvalue weighted by Crippen LogP contribution is 2.13. The van der Waals surface area contributed by atoms with Crippen LogP contribution < -0.4 is 5.32 Å². The van der Waals surface area contributed by atoms with Crippen molar-refractivity contribution in [3.05, 3.63) is 0 Å². The molecule has 0 heterocycles. The van der Waals surface area contributed by atoms with E-state index < -0.39 is 29.2 Å². The minimum atomic E-state index is -1.09. The lowest BCUT2D eigenvalue weighted by molar-refractivity contribution is -0.165. The quantitative estimate of drug-likeness (QED) is 0.599. The lowest BCUT2D eigenvalue weighted by Gasteiger charge is -2.29. The van der Waals surface area contributed by atoms with Crippen LogP contribution in [0.2, 0.25) is 0 Å². The third-order valence-electron chi connectivity index (χ3n) is 3.49. The molecule has 164 valence electrons. The predicted molar refractivity (Wildman–Crippen MR) is 110 cm³/mol. The Bertz CT molecular complexity index is 530. The van der Waals surface area contributed by atoms with Gasteiger partial charge in [0.1, 0.15) is 17.2 Å². The second-order valence-electron chi connectivity index (χ2n) is 9.86. The number of hydrogen-bond acceptors (Lipinski definition) is 6. The molecule has 0 aromatic carbocycles. The lowest BCUT2D eigenvalue weighted by atomic mass is 10.1. The normalized spacial score (nSPS) is 13.6. The maximum Gasteiger partial charge on any atom is 0.329 e. The van der Waals surface area contributed by atoms with Gasteiger partial charge in [-0.2, -0.15) is 0 Å². The minimum Gasteiger partial charge on any atom is -0.460 e. The highest BCUT2D eigenvalue weighted by atomic mass is 16.6. The Balaban J connectivity index is 5.20. The van der Waals surface area contributed by atoms with Crippen molar-refractivity contribution >= 4 is 17.8 Å². The summed E-state index contributed by atoms with van der Waals surface area (Å²) in [6.45, 7) is 19.6. The zero-order valence-corrected chi connectivity index (χ0v) is 19.3. The van der Waals surface area contributed by atoms with Gasteiger partial charge in [0, 0.05) is 12.6 Å². The molecule has 0 saturated heterocycles. The van der Waals surface area contributed by atoms with E-state index in [2.05, 4.69) is 19.2 Å². The van der Waals surface area contributed by atoms with Crippen LogP contribution in [0.1, 0.15) is 75.7 Å². The molecular formula is C21H40N2O5. The van der Waals surface area contributed by atoms with Crippen molar-refractivity contribution in [3.63, 3.8) is 0 Å². The summed E-state index contributed by atoms with van der Waals surface area (Å²) in [5, 5.41) is 2.66. The molecule has 0 aliphatic heterocycles. The van der Waals surface area contributed by atoms with Gasteiger partial charge in [0.05, 0.1) is 13.0 Å². The van der Waals surface area contributed by atoms with Gasteiger partial charge in [0.2, 0.25) is 5.91 Å². The molecule has 28 heavy (non-hydrogen) atoms. The van der Waals surface area contributed by atoms with E-state index in [0.717, 1.165) is 6.54 Å². The SMILES string of the molecule is CC(C)CN(CC(=O)NC(CC(=O)OC(C)(C)C)C(=O)OC(C)(C)C)C(C)C. The Morgan fingerprint density at radius 1 is 0.893 bits per heavy atom. The molecule has 7 heteroatoms. The number of nitrogens with zero attached hydrogens (tertiary/aromatic N) is 1. The summed E-state index contributed by atoms with van der Waals surface area (Å²) < 4.78 is 10.7. The van der Waals surface area contributed by atoms with Gasteiger partial charge in [-0.1, -0.05) is 13.8 Å². The molecule has 0 aromatic heterocycles. The minimum absolute atomic E-state index is 0.142. The summed E-state index contributed by atoms with van der Waals surface area (Å²) in [4.78, 5) is 39.3. The summed E-state index contributed by atoms with van der Waals surface area (Å²) in [5.74, 6) is -1.13. The first-order valence-corrected chi connectivity index (χ1v) is 9.98. The van der Waals surface area contributed by atoms with Crippen molar-refractivity contribution in [2.75, 3.05) is 13.1 Å². The number of carbonyl (C=O) groups excluding carboxylic acids is 3. The van der Waals surface area contributed by atoms with E-state index in [9.17, 15) is 14.4 Å². The third-order valence-corrected chi connectivity index (χ3v) is 3.49. The van der Waals surface area contributed by atoms with Crippen molar-refractivity contribution < 1.29 is 23.9 Å². The Hall–Kier alpha value is -1.63. The van der Waals surface area contributed by atoms with Crippen molar-refractivity contribution in [1.29, 1.82) is 0 Å². The molecule has 0 fully saturated rings. The van der Waals surface area contributed by atoms with Crippen LogP contribution >= 0.6 is 0 Å². The fourth-order valence-corrected chi connectivity index (χ4v) is 2.47. The van der Waals surface area contributed by atoms with E-state index in [4.69, 9.17) is 9.47 Å². The average molecular weight is 401 g/mol. The Morgan fingerprint density at radius 3 is 1.79 bits per heavy atom. The smallest absolute Gasteiger partial charge is 0.329 e. The number of nitrogens with one attached hydrogen (secondary N) is 1. The van der Waals surface area contributed by atoms with Crippen LogP contribution in [-0.2, 0) is 23.9 Å². The van der Waals surface area contributed by atoms with Gasteiger partial charge in [0.25, 0.3) is 0 Å². The molecule has 1 atom stereocenters. The van der Waals surface area contributed by atoms with E-state index in [1.165, 1.54) is 0 Å². The third kappa shape index (κ3) is 12.7. The monoisotopic (exact) mass is 400 g/mol. The number of ether oxygens (including phenoxy) is 2. The molecule has 0 bridgehead atoms. The second-order valence-corrected chi connectivity index (χ2v) is 9.86. The van der Waals surface area contributed by atoms with Crippen LogP contribution in [0.4, 0.5) is 0 Å². The first-order valence-electron chi connectivity index (χ1n) is 9.98. The Kier molecular flexibility index (Phi) is 10.2. The molecule has 0 saturated carbocycles. The zero-order valence-electron chi connectivity index (χ0n) is 19.3. The molecule has 0 aliphatic carbocycles. The highest BCUT2D eigenvalue weighted by Gasteiger charge is 2.31. The Labute approximate surface area is 170 Å².